The summed E-state index contributed by atoms with van der Waals surface area (Å²) in [5.41, 5.74) is 0.712. The van der Waals surface area contributed by atoms with Gasteiger partial charge in [-0.2, -0.15) is 0 Å². The first kappa shape index (κ1) is 12.7. The van der Waals surface area contributed by atoms with Gasteiger partial charge in [0, 0.05) is 9.86 Å². The van der Waals surface area contributed by atoms with Gasteiger partial charge < -0.3 is 14.8 Å². The number of anilines is 1. The summed E-state index contributed by atoms with van der Waals surface area (Å²) in [6, 6.07) is 7.53. The maximum absolute atomic E-state index is 10.7. The van der Waals surface area contributed by atoms with E-state index in [2.05, 4.69) is 21.2 Å². The zero-order valence-electron chi connectivity index (χ0n) is 9.99. The molecule has 0 atom stereocenters. The molecule has 0 saturated heterocycles. The minimum absolute atomic E-state index is 0.622. The summed E-state index contributed by atoms with van der Waals surface area (Å²) in [5, 5.41) is 4.53. The number of hydrogen-bond acceptors (Lipinski definition) is 3. The van der Waals surface area contributed by atoms with Crippen molar-refractivity contribution < 1.29 is 14.3 Å². The molecule has 0 radical (unpaired) electrons. The van der Waals surface area contributed by atoms with Gasteiger partial charge in [-0.15, -0.1) is 0 Å². The van der Waals surface area contributed by atoms with Crippen molar-refractivity contribution in [2.24, 2.45) is 0 Å². The van der Waals surface area contributed by atoms with E-state index in [0.717, 1.165) is 15.2 Å². The quantitative estimate of drug-likeness (QED) is 0.882. The van der Waals surface area contributed by atoms with Gasteiger partial charge in [-0.05, 0) is 39.5 Å². The van der Waals surface area contributed by atoms with Crippen LogP contribution in [-0.2, 0) is 4.79 Å². The van der Waals surface area contributed by atoms with Gasteiger partial charge >= 0.3 is 0 Å². The van der Waals surface area contributed by atoms with Crippen LogP contribution < -0.4 is 14.8 Å². The van der Waals surface area contributed by atoms with Crippen LogP contribution in [0.25, 0.3) is 10.8 Å². The Labute approximate surface area is 113 Å². The summed E-state index contributed by atoms with van der Waals surface area (Å²) in [6.45, 7) is 0. The van der Waals surface area contributed by atoms with Crippen molar-refractivity contribution in [1.82, 2.24) is 0 Å². The van der Waals surface area contributed by atoms with Gasteiger partial charge in [0.05, 0.1) is 19.9 Å². The van der Waals surface area contributed by atoms with Crippen molar-refractivity contribution in [3.63, 3.8) is 0 Å². The number of amides is 1. The first-order valence-electron chi connectivity index (χ1n) is 5.25. The summed E-state index contributed by atoms with van der Waals surface area (Å²) in [5.74, 6) is 1.28. The number of fused-ring (bicyclic) bond motifs is 1. The SMILES string of the molecule is COc1cc2ccc(Br)c(NC=O)c2cc1OC. The van der Waals surface area contributed by atoms with Crippen LogP contribution in [0.15, 0.2) is 28.7 Å². The highest BCUT2D eigenvalue weighted by Gasteiger charge is 2.10. The van der Waals surface area contributed by atoms with E-state index in [1.807, 2.05) is 24.3 Å². The Bertz CT molecular complexity index is 598. The predicted molar refractivity (Wildman–Crippen MR) is 74.4 cm³/mol. The molecule has 94 valence electrons. The first-order chi connectivity index (χ1) is 8.71. The summed E-state index contributed by atoms with van der Waals surface area (Å²) in [4.78, 5) is 10.7. The van der Waals surface area contributed by atoms with Crippen LogP contribution in [0.4, 0.5) is 5.69 Å². The van der Waals surface area contributed by atoms with E-state index >= 15 is 0 Å². The minimum atomic E-state index is 0.622. The Morgan fingerprint density at radius 2 is 1.83 bits per heavy atom. The molecule has 2 rings (SSSR count). The maximum atomic E-state index is 10.7. The van der Waals surface area contributed by atoms with Gasteiger partial charge in [0.2, 0.25) is 6.41 Å². The number of ether oxygens (including phenoxy) is 2. The lowest BCUT2D eigenvalue weighted by Crippen LogP contribution is -1.97. The van der Waals surface area contributed by atoms with Gasteiger partial charge in [0.1, 0.15) is 0 Å². The zero-order chi connectivity index (χ0) is 13.1. The molecule has 5 heteroatoms. The van der Waals surface area contributed by atoms with Gasteiger partial charge in [-0.3, -0.25) is 4.79 Å². The van der Waals surface area contributed by atoms with E-state index in [1.165, 1.54) is 0 Å². The minimum Gasteiger partial charge on any atom is -0.493 e. The molecule has 0 aliphatic rings. The molecule has 0 unspecified atom stereocenters. The number of benzene rings is 2. The van der Waals surface area contributed by atoms with Gasteiger partial charge in [0.15, 0.2) is 11.5 Å². The molecule has 0 spiro atoms. The van der Waals surface area contributed by atoms with Crippen LogP contribution in [0, 0.1) is 0 Å². The van der Waals surface area contributed by atoms with Crippen LogP contribution in [0.2, 0.25) is 0 Å². The molecule has 2 aromatic rings. The van der Waals surface area contributed by atoms with Gasteiger partial charge in [0.25, 0.3) is 0 Å². The van der Waals surface area contributed by atoms with Crippen molar-refractivity contribution in [2.75, 3.05) is 19.5 Å². The average Bonchev–Trinajstić information content (AvgIpc) is 2.40. The second kappa shape index (κ2) is 5.27. The smallest absolute Gasteiger partial charge is 0.211 e. The molecule has 0 aliphatic carbocycles. The molecule has 0 aliphatic heterocycles. The standard InChI is InChI=1S/C13H12BrNO3/c1-17-11-5-8-3-4-10(14)13(15-7-16)9(8)6-12(11)18-2/h3-7H,1-2H3,(H,15,16). The lowest BCUT2D eigenvalue weighted by molar-refractivity contribution is -0.105. The molecule has 18 heavy (non-hydrogen) atoms. The highest BCUT2D eigenvalue weighted by Crippen LogP contribution is 2.38. The van der Waals surface area contributed by atoms with Gasteiger partial charge in [-0.1, -0.05) is 6.07 Å². The number of nitrogens with one attached hydrogen (secondary N) is 1. The number of hydrogen-bond donors (Lipinski definition) is 1. The van der Waals surface area contributed by atoms with E-state index in [4.69, 9.17) is 9.47 Å². The highest BCUT2D eigenvalue weighted by molar-refractivity contribution is 9.10. The molecule has 0 saturated carbocycles. The van der Waals surface area contributed by atoms with Crippen molar-refractivity contribution >= 4 is 38.8 Å². The number of halogens is 1. The zero-order valence-corrected chi connectivity index (χ0v) is 11.6. The lowest BCUT2D eigenvalue weighted by atomic mass is 10.1. The number of carbonyl (C=O) groups is 1. The number of methoxy groups -OCH3 is 2. The summed E-state index contributed by atoms with van der Waals surface area (Å²) in [7, 11) is 3.17. The fourth-order valence-electron chi connectivity index (χ4n) is 1.83. The third-order valence-electron chi connectivity index (χ3n) is 2.68. The van der Waals surface area contributed by atoms with E-state index < -0.39 is 0 Å². The summed E-state index contributed by atoms with van der Waals surface area (Å²) < 4.78 is 11.3. The summed E-state index contributed by atoms with van der Waals surface area (Å²) in [6.07, 6.45) is 0.649. The van der Waals surface area contributed by atoms with Crippen LogP contribution >= 0.6 is 15.9 Å². The molecule has 0 aromatic heterocycles. The Kier molecular flexibility index (Phi) is 3.72. The third kappa shape index (κ3) is 2.13. The average molecular weight is 310 g/mol. The third-order valence-corrected chi connectivity index (χ3v) is 3.34. The molecular weight excluding hydrogens is 298 g/mol. The fraction of sp³-hybridized carbons (Fsp3) is 0.154. The molecule has 0 fully saturated rings. The largest absolute Gasteiger partial charge is 0.493 e. The Balaban J connectivity index is 2.75. The van der Waals surface area contributed by atoms with E-state index in [0.29, 0.717) is 23.6 Å². The van der Waals surface area contributed by atoms with Crippen LogP contribution in [0.5, 0.6) is 11.5 Å². The van der Waals surface area contributed by atoms with Crippen molar-refractivity contribution in [3.05, 3.63) is 28.7 Å². The van der Waals surface area contributed by atoms with Crippen molar-refractivity contribution in [2.45, 2.75) is 0 Å². The molecule has 1 N–H and O–H groups in total. The second-order valence-corrected chi connectivity index (χ2v) is 4.47. The number of carbonyl (C=O) groups excluding carboxylic acids is 1. The van der Waals surface area contributed by atoms with Crippen LogP contribution in [0.3, 0.4) is 0 Å². The molecule has 4 nitrogen and oxygen atoms in total. The van der Waals surface area contributed by atoms with E-state index in [1.54, 1.807) is 14.2 Å². The predicted octanol–water partition coefficient (Wildman–Crippen LogP) is 3.19. The highest BCUT2D eigenvalue weighted by atomic mass is 79.9. The molecule has 1 amide bonds. The Morgan fingerprint density at radius 1 is 1.17 bits per heavy atom. The maximum Gasteiger partial charge on any atom is 0.211 e. The molecular formula is C13H12BrNO3. The first-order valence-corrected chi connectivity index (χ1v) is 6.05. The fourth-order valence-corrected chi connectivity index (χ4v) is 2.29. The molecule has 0 heterocycles. The Hall–Kier alpha value is -1.75. The van der Waals surface area contributed by atoms with E-state index in [-0.39, 0.29) is 0 Å². The second-order valence-electron chi connectivity index (χ2n) is 3.61. The van der Waals surface area contributed by atoms with E-state index in [9.17, 15) is 4.79 Å². The van der Waals surface area contributed by atoms with Crippen LogP contribution in [0.1, 0.15) is 0 Å². The van der Waals surface area contributed by atoms with Gasteiger partial charge in [-0.25, -0.2) is 0 Å². The lowest BCUT2D eigenvalue weighted by Gasteiger charge is -2.12. The monoisotopic (exact) mass is 309 g/mol. The molecule has 2 aromatic carbocycles. The van der Waals surface area contributed by atoms with Crippen molar-refractivity contribution in [3.8, 4) is 11.5 Å². The van der Waals surface area contributed by atoms with Crippen molar-refractivity contribution in [1.29, 1.82) is 0 Å². The topological polar surface area (TPSA) is 47.6 Å². The number of rotatable bonds is 4. The van der Waals surface area contributed by atoms with Crippen LogP contribution in [-0.4, -0.2) is 20.6 Å². The molecule has 0 bridgehead atoms. The Morgan fingerprint density at radius 3 is 2.44 bits per heavy atom. The summed E-state index contributed by atoms with van der Waals surface area (Å²) >= 11 is 3.41. The normalized spacial score (nSPS) is 10.2.